The Morgan fingerprint density at radius 2 is 1.92 bits per heavy atom. The molecule has 3 nitrogen and oxygen atoms in total. The molecule has 0 aliphatic rings. The topological polar surface area (TPSA) is 66.5 Å². The Kier molecular flexibility index (Phi) is 4.41. The molecule has 4 N–H and O–H groups in total. The smallest absolute Gasteiger partial charge is 0.423 e. The van der Waals surface area contributed by atoms with Crippen LogP contribution in [0.1, 0.15) is 0 Å². The molecule has 6 heteroatoms. The average molecular weight is 208 g/mol. The molecule has 1 aromatic carbocycles. The van der Waals surface area contributed by atoms with E-state index in [-0.39, 0.29) is 17.9 Å². The number of hydrogen-bond donors (Lipinski definition) is 3. The fraction of sp³-hybridized carbons (Fsp3) is 0. The molecule has 0 saturated carbocycles. The van der Waals surface area contributed by atoms with Crippen LogP contribution in [-0.2, 0) is 0 Å². The van der Waals surface area contributed by atoms with Crippen molar-refractivity contribution in [3.05, 3.63) is 23.2 Å². The molecule has 0 unspecified atom stereocenters. The summed E-state index contributed by atoms with van der Waals surface area (Å²) >= 11 is 5.58. The second-order valence-corrected chi connectivity index (χ2v) is 2.58. The molecular weight excluding hydrogens is 200 g/mol. The van der Waals surface area contributed by atoms with E-state index in [0.29, 0.717) is 10.7 Å². The molecule has 0 heterocycles. The maximum atomic E-state index is 8.75. The molecule has 1 rings (SSSR count). The lowest BCUT2D eigenvalue weighted by molar-refractivity contribution is 0.426. The largest absolute Gasteiger partial charge is 0.490 e. The van der Waals surface area contributed by atoms with Crippen LogP contribution in [0.25, 0.3) is 0 Å². The third-order valence-electron chi connectivity index (χ3n) is 1.33. The number of rotatable bonds is 1. The molecule has 66 valence electrons. The number of nitrogen functional groups attached to an aromatic ring is 1. The van der Waals surface area contributed by atoms with Gasteiger partial charge in [-0.25, -0.2) is 0 Å². The van der Waals surface area contributed by atoms with Gasteiger partial charge in [0.2, 0.25) is 0 Å². The van der Waals surface area contributed by atoms with Crippen LogP contribution in [0.3, 0.4) is 0 Å². The molecule has 0 aliphatic heterocycles. The number of benzene rings is 1. The molecule has 0 amide bonds. The summed E-state index contributed by atoms with van der Waals surface area (Å²) in [4.78, 5) is 0. The number of halogens is 2. The van der Waals surface area contributed by atoms with Gasteiger partial charge in [0, 0.05) is 16.2 Å². The van der Waals surface area contributed by atoms with Crippen molar-refractivity contribution < 1.29 is 10.0 Å². The normalized spacial score (nSPS) is 8.92. The van der Waals surface area contributed by atoms with Crippen molar-refractivity contribution in [3.8, 4) is 0 Å². The number of nitrogens with two attached hydrogens (primary N) is 1. The van der Waals surface area contributed by atoms with Gasteiger partial charge in [0.1, 0.15) is 0 Å². The summed E-state index contributed by atoms with van der Waals surface area (Å²) in [5.74, 6) is 0. The van der Waals surface area contributed by atoms with Crippen LogP contribution in [0.5, 0.6) is 0 Å². The molecule has 0 radical (unpaired) electrons. The van der Waals surface area contributed by atoms with Crippen LogP contribution in [0.15, 0.2) is 18.2 Å². The molecule has 0 fully saturated rings. The van der Waals surface area contributed by atoms with Crippen LogP contribution in [0.4, 0.5) is 5.69 Å². The molecule has 0 spiro atoms. The molecule has 12 heavy (non-hydrogen) atoms. The molecule has 0 aromatic heterocycles. The van der Waals surface area contributed by atoms with Gasteiger partial charge in [-0.15, -0.1) is 12.4 Å². The van der Waals surface area contributed by atoms with Crippen LogP contribution in [0, 0.1) is 0 Å². The zero-order valence-electron chi connectivity index (χ0n) is 6.07. The first-order chi connectivity index (χ1) is 5.11. The Balaban J connectivity index is 0.00000121. The summed E-state index contributed by atoms with van der Waals surface area (Å²) in [5.41, 5.74) is 5.97. The van der Waals surface area contributed by atoms with E-state index >= 15 is 0 Å². The van der Waals surface area contributed by atoms with Crippen LogP contribution in [-0.4, -0.2) is 17.2 Å². The first-order valence-corrected chi connectivity index (χ1v) is 3.40. The highest BCUT2D eigenvalue weighted by molar-refractivity contribution is 6.60. The summed E-state index contributed by atoms with van der Waals surface area (Å²) in [7, 11) is -1.56. The molecule has 0 saturated heterocycles. The van der Waals surface area contributed by atoms with E-state index in [2.05, 4.69) is 0 Å². The Labute approximate surface area is 81.7 Å². The average Bonchev–Trinajstić information content (AvgIpc) is 1.94. The highest BCUT2D eigenvalue weighted by Gasteiger charge is 2.14. The van der Waals surface area contributed by atoms with Gasteiger partial charge < -0.3 is 15.8 Å². The SMILES string of the molecule is Cl.Nc1ccc(Cl)cc1B(O)O. The van der Waals surface area contributed by atoms with Crippen molar-refractivity contribution in [2.75, 3.05) is 5.73 Å². The Hall–Kier alpha value is -0.415. The van der Waals surface area contributed by atoms with Gasteiger partial charge >= 0.3 is 7.12 Å². The standard InChI is InChI=1S/C6H7BClNO2.ClH/c8-4-1-2-6(9)5(3-4)7(10)11;/h1-3,10-11H,9H2;1H. The fourth-order valence-corrected chi connectivity index (χ4v) is 0.950. The van der Waals surface area contributed by atoms with E-state index in [0.717, 1.165) is 0 Å². The van der Waals surface area contributed by atoms with Gasteiger partial charge in [-0.1, -0.05) is 11.6 Å². The minimum absolute atomic E-state index is 0. The van der Waals surface area contributed by atoms with Gasteiger partial charge in [-0.05, 0) is 18.2 Å². The quantitative estimate of drug-likeness (QED) is 0.450. The fourth-order valence-electron chi connectivity index (χ4n) is 0.769. The van der Waals surface area contributed by atoms with Crippen molar-refractivity contribution in [1.82, 2.24) is 0 Å². The lowest BCUT2D eigenvalue weighted by Crippen LogP contribution is -2.32. The molecular formula is C6H8BCl2NO2. The van der Waals surface area contributed by atoms with Gasteiger partial charge in [0.05, 0.1) is 0 Å². The van der Waals surface area contributed by atoms with Gasteiger partial charge in [0.15, 0.2) is 0 Å². The summed E-state index contributed by atoms with van der Waals surface area (Å²) in [5, 5.41) is 17.9. The predicted octanol–water partition coefficient (Wildman–Crippen LogP) is 0.0238. The van der Waals surface area contributed by atoms with E-state index < -0.39 is 7.12 Å². The maximum absolute atomic E-state index is 8.75. The lowest BCUT2D eigenvalue weighted by Gasteiger charge is -2.03. The Morgan fingerprint density at radius 1 is 1.33 bits per heavy atom. The van der Waals surface area contributed by atoms with E-state index in [1.807, 2.05) is 0 Å². The maximum Gasteiger partial charge on any atom is 0.490 e. The van der Waals surface area contributed by atoms with Gasteiger partial charge in [0.25, 0.3) is 0 Å². The van der Waals surface area contributed by atoms with Crippen LogP contribution in [0.2, 0.25) is 5.02 Å². The van der Waals surface area contributed by atoms with Crippen LogP contribution >= 0.6 is 24.0 Å². The van der Waals surface area contributed by atoms with E-state index in [1.165, 1.54) is 12.1 Å². The minimum Gasteiger partial charge on any atom is -0.423 e. The van der Waals surface area contributed by atoms with E-state index in [9.17, 15) is 0 Å². The predicted molar refractivity (Wildman–Crippen MR) is 52.9 cm³/mol. The highest BCUT2D eigenvalue weighted by atomic mass is 35.5. The lowest BCUT2D eigenvalue weighted by atomic mass is 9.79. The summed E-state index contributed by atoms with van der Waals surface area (Å²) in [6.07, 6.45) is 0. The minimum atomic E-state index is -1.56. The molecule has 1 aromatic rings. The molecule has 0 aliphatic carbocycles. The van der Waals surface area contributed by atoms with Gasteiger partial charge in [-0.3, -0.25) is 0 Å². The summed E-state index contributed by atoms with van der Waals surface area (Å²) in [6.45, 7) is 0. The summed E-state index contributed by atoms with van der Waals surface area (Å²) in [6, 6.07) is 4.53. The second kappa shape index (κ2) is 4.57. The monoisotopic (exact) mass is 207 g/mol. The zero-order valence-corrected chi connectivity index (χ0v) is 7.64. The van der Waals surface area contributed by atoms with Crippen LogP contribution < -0.4 is 11.2 Å². The first-order valence-electron chi connectivity index (χ1n) is 3.02. The van der Waals surface area contributed by atoms with Crippen molar-refractivity contribution in [2.24, 2.45) is 0 Å². The molecule has 0 atom stereocenters. The van der Waals surface area contributed by atoms with Gasteiger partial charge in [-0.2, -0.15) is 0 Å². The van der Waals surface area contributed by atoms with Crippen molar-refractivity contribution in [2.45, 2.75) is 0 Å². The second-order valence-electron chi connectivity index (χ2n) is 2.15. The third kappa shape index (κ3) is 2.57. The van der Waals surface area contributed by atoms with E-state index in [1.54, 1.807) is 6.07 Å². The van der Waals surface area contributed by atoms with Crippen molar-refractivity contribution in [1.29, 1.82) is 0 Å². The Bertz CT molecular complexity index is 270. The van der Waals surface area contributed by atoms with E-state index in [4.69, 9.17) is 27.4 Å². The first kappa shape index (κ1) is 11.6. The molecule has 0 bridgehead atoms. The number of hydrogen-bond acceptors (Lipinski definition) is 3. The highest BCUT2D eigenvalue weighted by Crippen LogP contribution is 2.08. The summed E-state index contributed by atoms with van der Waals surface area (Å²) < 4.78 is 0. The van der Waals surface area contributed by atoms with Crippen molar-refractivity contribution in [3.63, 3.8) is 0 Å². The number of anilines is 1. The van der Waals surface area contributed by atoms with Crippen molar-refractivity contribution >= 4 is 42.3 Å². The third-order valence-corrected chi connectivity index (χ3v) is 1.56. The zero-order chi connectivity index (χ0) is 8.43. The Morgan fingerprint density at radius 3 is 2.33 bits per heavy atom.